The summed E-state index contributed by atoms with van der Waals surface area (Å²) in [4.78, 5) is 30.2. The highest BCUT2D eigenvalue weighted by atomic mass is 35.5. The van der Waals surface area contributed by atoms with Crippen LogP contribution in [0.1, 0.15) is 22.2 Å². The molecule has 1 aliphatic heterocycles. The van der Waals surface area contributed by atoms with Crippen molar-refractivity contribution in [1.82, 2.24) is 20.4 Å². The maximum absolute atomic E-state index is 12.4. The summed E-state index contributed by atoms with van der Waals surface area (Å²) in [6.07, 6.45) is 0. The summed E-state index contributed by atoms with van der Waals surface area (Å²) >= 11 is 11.9. The molecule has 1 saturated heterocycles. The lowest BCUT2D eigenvalue weighted by Crippen LogP contribution is -2.50. The first-order chi connectivity index (χ1) is 14.4. The molecule has 3 aromatic rings. The highest BCUT2D eigenvalue weighted by Crippen LogP contribution is 2.29. The summed E-state index contributed by atoms with van der Waals surface area (Å²) < 4.78 is 5.37. The SMILES string of the molecule is CNC(=O)c1cccc(-c2noc(C3CN(C(=O)Nc4ccc(Cl)c(Cl)c4)C3)n2)c1. The van der Waals surface area contributed by atoms with Gasteiger partial charge >= 0.3 is 6.03 Å². The van der Waals surface area contributed by atoms with Crippen LogP contribution >= 0.6 is 23.2 Å². The first-order valence-corrected chi connectivity index (χ1v) is 9.87. The predicted octanol–water partition coefficient (Wildman–Crippen LogP) is 4.03. The monoisotopic (exact) mass is 445 g/mol. The van der Waals surface area contributed by atoms with Gasteiger partial charge in [0.1, 0.15) is 0 Å². The lowest BCUT2D eigenvalue weighted by Gasteiger charge is -2.36. The zero-order valence-corrected chi connectivity index (χ0v) is 17.4. The number of hydrogen-bond donors (Lipinski definition) is 2. The zero-order chi connectivity index (χ0) is 21.3. The van der Waals surface area contributed by atoms with Crippen LogP contribution in [0.5, 0.6) is 0 Å². The Morgan fingerprint density at radius 2 is 1.93 bits per heavy atom. The number of amides is 3. The maximum atomic E-state index is 12.4. The lowest BCUT2D eigenvalue weighted by molar-refractivity contribution is 0.0963. The van der Waals surface area contributed by atoms with E-state index in [-0.39, 0.29) is 17.9 Å². The van der Waals surface area contributed by atoms with Crippen molar-refractivity contribution in [3.05, 3.63) is 64.0 Å². The second kappa shape index (κ2) is 8.33. The molecule has 2 heterocycles. The van der Waals surface area contributed by atoms with E-state index in [9.17, 15) is 9.59 Å². The predicted molar refractivity (Wildman–Crippen MR) is 113 cm³/mol. The van der Waals surface area contributed by atoms with Gasteiger partial charge in [0.05, 0.1) is 16.0 Å². The van der Waals surface area contributed by atoms with Crippen molar-refractivity contribution < 1.29 is 14.1 Å². The molecular weight excluding hydrogens is 429 g/mol. The highest BCUT2D eigenvalue weighted by Gasteiger charge is 2.35. The number of carbonyl (C=O) groups excluding carboxylic acids is 2. The van der Waals surface area contributed by atoms with Gasteiger partial charge < -0.3 is 20.1 Å². The van der Waals surface area contributed by atoms with Gasteiger partial charge in [0.2, 0.25) is 11.7 Å². The highest BCUT2D eigenvalue weighted by molar-refractivity contribution is 6.42. The number of carbonyl (C=O) groups is 2. The van der Waals surface area contributed by atoms with Crippen molar-refractivity contribution in [3.8, 4) is 11.4 Å². The summed E-state index contributed by atoms with van der Waals surface area (Å²) in [5.74, 6) is 0.611. The fourth-order valence-corrected chi connectivity index (χ4v) is 3.34. The van der Waals surface area contributed by atoms with E-state index in [0.717, 1.165) is 0 Å². The van der Waals surface area contributed by atoms with E-state index in [1.807, 2.05) is 0 Å². The molecular formula is C20H17Cl2N5O3. The van der Waals surface area contributed by atoms with Gasteiger partial charge in [-0.15, -0.1) is 0 Å². The van der Waals surface area contributed by atoms with Crippen LogP contribution in [0.2, 0.25) is 10.0 Å². The van der Waals surface area contributed by atoms with Gasteiger partial charge in [-0.1, -0.05) is 40.5 Å². The van der Waals surface area contributed by atoms with E-state index < -0.39 is 0 Å². The van der Waals surface area contributed by atoms with Gasteiger partial charge in [-0.25, -0.2) is 4.79 Å². The molecule has 0 spiro atoms. The molecule has 3 amide bonds. The first-order valence-electron chi connectivity index (χ1n) is 9.11. The Labute approximate surface area is 182 Å². The van der Waals surface area contributed by atoms with Crippen LogP contribution in [0.15, 0.2) is 47.0 Å². The fraction of sp³-hybridized carbons (Fsp3) is 0.200. The van der Waals surface area contributed by atoms with Gasteiger partial charge in [0.25, 0.3) is 5.91 Å². The summed E-state index contributed by atoms with van der Waals surface area (Å²) in [7, 11) is 1.57. The van der Waals surface area contributed by atoms with Gasteiger partial charge in [-0.2, -0.15) is 4.98 Å². The Balaban J connectivity index is 1.37. The number of urea groups is 1. The number of rotatable bonds is 4. The molecule has 30 heavy (non-hydrogen) atoms. The van der Waals surface area contributed by atoms with Crippen molar-refractivity contribution in [2.24, 2.45) is 0 Å². The Morgan fingerprint density at radius 1 is 1.13 bits per heavy atom. The molecule has 2 N–H and O–H groups in total. The number of halogens is 2. The number of nitrogens with one attached hydrogen (secondary N) is 2. The molecule has 1 aromatic heterocycles. The average Bonchev–Trinajstić information content (AvgIpc) is 3.19. The van der Waals surface area contributed by atoms with Crippen LogP contribution in [0.3, 0.4) is 0 Å². The van der Waals surface area contributed by atoms with E-state index in [1.54, 1.807) is 54.4 Å². The topological polar surface area (TPSA) is 100 Å². The normalized spacial score (nSPS) is 13.6. The molecule has 10 heteroatoms. The molecule has 0 unspecified atom stereocenters. The second-order valence-electron chi connectivity index (χ2n) is 6.78. The molecule has 0 bridgehead atoms. The van der Waals surface area contributed by atoms with E-state index >= 15 is 0 Å². The molecule has 1 fully saturated rings. The number of hydrogen-bond acceptors (Lipinski definition) is 5. The Hall–Kier alpha value is -3.10. The Bertz CT molecular complexity index is 1110. The van der Waals surface area contributed by atoms with Gasteiger partial charge in [-0.3, -0.25) is 4.79 Å². The van der Waals surface area contributed by atoms with Crippen molar-refractivity contribution in [1.29, 1.82) is 0 Å². The van der Waals surface area contributed by atoms with Crippen molar-refractivity contribution in [3.63, 3.8) is 0 Å². The zero-order valence-electron chi connectivity index (χ0n) is 15.9. The molecule has 1 aliphatic rings. The smallest absolute Gasteiger partial charge is 0.321 e. The largest absolute Gasteiger partial charge is 0.355 e. The van der Waals surface area contributed by atoms with E-state index in [1.165, 1.54) is 0 Å². The van der Waals surface area contributed by atoms with Crippen molar-refractivity contribution in [2.45, 2.75) is 5.92 Å². The van der Waals surface area contributed by atoms with Crippen LogP contribution in [-0.2, 0) is 0 Å². The molecule has 154 valence electrons. The molecule has 0 radical (unpaired) electrons. The van der Waals surface area contributed by atoms with E-state index in [2.05, 4.69) is 20.8 Å². The quantitative estimate of drug-likeness (QED) is 0.630. The summed E-state index contributed by atoms with van der Waals surface area (Å²) in [6.45, 7) is 0.903. The van der Waals surface area contributed by atoms with Crippen molar-refractivity contribution in [2.75, 3.05) is 25.5 Å². The van der Waals surface area contributed by atoms with Crippen LogP contribution in [0.4, 0.5) is 10.5 Å². The summed E-state index contributed by atoms with van der Waals surface area (Å²) in [6, 6.07) is 11.6. The third-order valence-electron chi connectivity index (χ3n) is 4.74. The van der Waals surface area contributed by atoms with E-state index in [4.69, 9.17) is 27.7 Å². The van der Waals surface area contributed by atoms with Crippen LogP contribution < -0.4 is 10.6 Å². The third-order valence-corrected chi connectivity index (χ3v) is 5.48. The molecule has 0 saturated carbocycles. The summed E-state index contributed by atoms with van der Waals surface area (Å²) in [5.41, 5.74) is 1.75. The molecule has 2 aromatic carbocycles. The fourth-order valence-electron chi connectivity index (χ4n) is 3.04. The molecule has 0 atom stereocenters. The standard InChI is InChI=1S/C20H17Cl2N5O3/c1-23-18(28)12-4-2-3-11(7-12)17-25-19(30-26-17)13-9-27(10-13)20(29)24-14-5-6-15(21)16(22)8-14/h2-8,13H,9-10H2,1H3,(H,23,28)(H,24,29). The number of likely N-dealkylation sites (tertiary alicyclic amines) is 1. The molecule has 4 rings (SSSR count). The number of aromatic nitrogens is 2. The molecule has 0 aliphatic carbocycles. The summed E-state index contributed by atoms with van der Waals surface area (Å²) in [5, 5.41) is 10.2. The van der Waals surface area contributed by atoms with Crippen molar-refractivity contribution >= 4 is 40.8 Å². The van der Waals surface area contributed by atoms with Crippen LogP contribution in [-0.4, -0.2) is 47.1 Å². The minimum atomic E-state index is -0.248. The van der Waals surface area contributed by atoms with Crippen LogP contribution in [0, 0.1) is 0 Å². The number of nitrogens with zero attached hydrogens (tertiary/aromatic N) is 3. The minimum Gasteiger partial charge on any atom is -0.355 e. The third kappa shape index (κ3) is 4.10. The second-order valence-corrected chi connectivity index (χ2v) is 7.59. The van der Waals surface area contributed by atoms with E-state index in [0.29, 0.717) is 51.7 Å². The number of anilines is 1. The molecule has 8 nitrogen and oxygen atoms in total. The van der Waals surface area contributed by atoms with Gasteiger partial charge in [-0.05, 0) is 30.3 Å². The Morgan fingerprint density at radius 3 is 2.67 bits per heavy atom. The lowest BCUT2D eigenvalue weighted by atomic mass is 10.0. The first kappa shape index (κ1) is 20.2. The average molecular weight is 446 g/mol. The maximum Gasteiger partial charge on any atom is 0.321 e. The van der Waals surface area contributed by atoms with Gasteiger partial charge in [0, 0.05) is 37.0 Å². The Kier molecular flexibility index (Phi) is 5.61. The van der Waals surface area contributed by atoms with Gasteiger partial charge in [0.15, 0.2) is 0 Å². The minimum absolute atomic E-state index is 0.0482. The van der Waals surface area contributed by atoms with Crippen LogP contribution in [0.25, 0.3) is 11.4 Å². The number of benzene rings is 2.